The molecule has 0 radical (unpaired) electrons. The van der Waals surface area contributed by atoms with E-state index in [0.29, 0.717) is 0 Å². The van der Waals surface area contributed by atoms with Gasteiger partial charge in [-0.15, -0.1) is 0 Å². The molecular weight excluding hydrogens is 376 g/mol. The van der Waals surface area contributed by atoms with Crippen LogP contribution in [0.4, 0.5) is 5.69 Å². The summed E-state index contributed by atoms with van der Waals surface area (Å²) in [6.45, 7) is 8.14. The number of nitrogens with one attached hydrogen (secondary N) is 1. The Morgan fingerprint density at radius 1 is 1.00 bits per heavy atom. The normalized spacial score (nSPS) is 15.8. The number of anilines is 1. The lowest BCUT2D eigenvalue weighted by molar-refractivity contribution is -0.135. The number of hydrogen-bond donors (Lipinski definition) is 1. The third-order valence-corrected chi connectivity index (χ3v) is 5.80. The first-order valence-electron chi connectivity index (χ1n) is 10.5. The van der Waals surface area contributed by atoms with Gasteiger partial charge in [0.05, 0.1) is 12.6 Å². The van der Waals surface area contributed by atoms with Crippen molar-refractivity contribution in [2.24, 2.45) is 0 Å². The van der Waals surface area contributed by atoms with Gasteiger partial charge < -0.3 is 10.2 Å². The van der Waals surface area contributed by atoms with Crippen LogP contribution in [0, 0.1) is 6.92 Å². The van der Waals surface area contributed by atoms with Gasteiger partial charge in [0.2, 0.25) is 11.8 Å². The second kappa shape index (κ2) is 10.4. The van der Waals surface area contributed by atoms with E-state index in [1.807, 2.05) is 61.0 Å². The Kier molecular flexibility index (Phi) is 7.60. The van der Waals surface area contributed by atoms with Crippen LogP contribution in [0.25, 0.3) is 0 Å². The molecule has 2 amide bonds. The van der Waals surface area contributed by atoms with Crippen molar-refractivity contribution >= 4 is 17.5 Å². The molecule has 1 heterocycles. The molecule has 30 heavy (non-hydrogen) atoms. The number of amides is 2. The van der Waals surface area contributed by atoms with E-state index in [-0.39, 0.29) is 18.4 Å². The summed E-state index contributed by atoms with van der Waals surface area (Å²) < 4.78 is 0. The average molecular weight is 409 g/mol. The number of piperazine rings is 1. The number of para-hydroxylation sites is 1. The van der Waals surface area contributed by atoms with Gasteiger partial charge in [-0.2, -0.15) is 0 Å². The van der Waals surface area contributed by atoms with E-state index in [9.17, 15) is 9.59 Å². The van der Waals surface area contributed by atoms with Crippen LogP contribution in [-0.2, 0) is 16.1 Å². The Labute approximate surface area is 179 Å². The Hall–Kier alpha value is -2.70. The molecule has 1 aliphatic heterocycles. The van der Waals surface area contributed by atoms with Gasteiger partial charge in [-0.3, -0.25) is 19.4 Å². The molecule has 2 aromatic carbocycles. The molecule has 0 unspecified atom stereocenters. The summed E-state index contributed by atoms with van der Waals surface area (Å²) in [5.74, 6) is -0.0281. The van der Waals surface area contributed by atoms with Crippen LogP contribution in [0.3, 0.4) is 0 Å². The van der Waals surface area contributed by atoms with Crippen molar-refractivity contribution in [2.75, 3.05) is 45.1 Å². The molecule has 0 aromatic heterocycles. The second-order valence-corrected chi connectivity index (χ2v) is 8.04. The van der Waals surface area contributed by atoms with E-state index in [1.165, 1.54) is 5.56 Å². The molecule has 2 aromatic rings. The average Bonchev–Trinajstić information content (AvgIpc) is 2.76. The van der Waals surface area contributed by atoms with Crippen LogP contribution in [0.1, 0.15) is 18.1 Å². The summed E-state index contributed by atoms with van der Waals surface area (Å²) in [7, 11) is 1.83. The predicted molar refractivity (Wildman–Crippen MR) is 120 cm³/mol. The lowest BCUT2D eigenvalue weighted by Crippen LogP contribution is -2.52. The Morgan fingerprint density at radius 3 is 2.30 bits per heavy atom. The van der Waals surface area contributed by atoms with Crippen molar-refractivity contribution in [1.29, 1.82) is 0 Å². The third-order valence-electron chi connectivity index (χ3n) is 5.80. The topological polar surface area (TPSA) is 55.9 Å². The first-order chi connectivity index (χ1) is 14.4. The number of nitrogens with zero attached hydrogens (tertiary/aromatic N) is 3. The SMILES string of the molecule is Cc1ccccc1NC(=O)[C@H](C)N(C)CC(=O)N1CCN(Cc2ccccc2)CC1. The summed E-state index contributed by atoms with van der Waals surface area (Å²) in [6.07, 6.45) is 0. The van der Waals surface area contributed by atoms with E-state index >= 15 is 0 Å². The van der Waals surface area contributed by atoms with Crippen molar-refractivity contribution in [1.82, 2.24) is 14.7 Å². The molecule has 3 rings (SSSR count). The van der Waals surface area contributed by atoms with Gasteiger partial charge >= 0.3 is 0 Å². The van der Waals surface area contributed by atoms with Crippen LogP contribution < -0.4 is 5.32 Å². The Bertz CT molecular complexity index is 847. The fourth-order valence-electron chi connectivity index (χ4n) is 3.60. The maximum absolute atomic E-state index is 12.7. The molecule has 0 saturated carbocycles. The Balaban J connectivity index is 1.45. The molecule has 1 aliphatic rings. The largest absolute Gasteiger partial charge is 0.339 e. The second-order valence-electron chi connectivity index (χ2n) is 8.04. The van der Waals surface area contributed by atoms with Gasteiger partial charge in [-0.25, -0.2) is 0 Å². The molecule has 1 saturated heterocycles. The minimum Gasteiger partial charge on any atom is -0.339 e. The number of hydrogen-bond acceptors (Lipinski definition) is 4. The van der Waals surface area contributed by atoms with Gasteiger partial charge in [0, 0.05) is 38.4 Å². The smallest absolute Gasteiger partial charge is 0.241 e. The Morgan fingerprint density at radius 2 is 1.63 bits per heavy atom. The van der Waals surface area contributed by atoms with Gasteiger partial charge in [-0.1, -0.05) is 48.5 Å². The molecular formula is C24H32N4O2. The molecule has 0 aliphatic carbocycles. The zero-order chi connectivity index (χ0) is 21.5. The molecule has 1 atom stereocenters. The van der Waals surface area contributed by atoms with Crippen LogP contribution >= 0.6 is 0 Å². The number of carbonyl (C=O) groups excluding carboxylic acids is 2. The number of likely N-dealkylation sites (N-methyl/N-ethyl adjacent to an activating group) is 1. The molecule has 0 bridgehead atoms. The van der Waals surface area contributed by atoms with Crippen molar-refractivity contribution in [3.63, 3.8) is 0 Å². The van der Waals surface area contributed by atoms with E-state index in [2.05, 4.69) is 34.5 Å². The number of rotatable bonds is 7. The fourth-order valence-corrected chi connectivity index (χ4v) is 3.60. The summed E-state index contributed by atoms with van der Waals surface area (Å²) >= 11 is 0. The van der Waals surface area contributed by atoms with Crippen LogP contribution in [0.5, 0.6) is 0 Å². The van der Waals surface area contributed by atoms with Gasteiger partial charge in [0.15, 0.2) is 0 Å². The molecule has 160 valence electrons. The monoisotopic (exact) mass is 408 g/mol. The maximum Gasteiger partial charge on any atom is 0.241 e. The summed E-state index contributed by atoms with van der Waals surface area (Å²) in [5.41, 5.74) is 3.12. The molecule has 6 heteroatoms. The van der Waals surface area contributed by atoms with Crippen LogP contribution in [0.2, 0.25) is 0 Å². The highest BCUT2D eigenvalue weighted by Gasteiger charge is 2.25. The predicted octanol–water partition coefficient (Wildman–Crippen LogP) is 2.60. The molecule has 6 nitrogen and oxygen atoms in total. The third kappa shape index (κ3) is 5.90. The number of aryl methyl sites for hydroxylation is 1. The van der Waals surface area contributed by atoms with E-state index < -0.39 is 6.04 Å². The van der Waals surface area contributed by atoms with Crippen molar-refractivity contribution in [3.05, 3.63) is 65.7 Å². The maximum atomic E-state index is 12.7. The lowest BCUT2D eigenvalue weighted by Gasteiger charge is -2.36. The lowest BCUT2D eigenvalue weighted by atomic mass is 10.2. The van der Waals surface area contributed by atoms with E-state index in [4.69, 9.17) is 0 Å². The molecule has 0 spiro atoms. The van der Waals surface area contributed by atoms with Crippen LogP contribution in [-0.4, -0.2) is 72.3 Å². The number of benzene rings is 2. The van der Waals surface area contributed by atoms with Gasteiger partial charge in [-0.05, 0) is 38.1 Å². The first-order valence-corrected chi connectivity index (χ1v) is 10.5. The molecule has 1 fully saturated rings. The van der Waals surface area contributed by atoms with E-state index in [1.54, 1.807) is 0 Å². The van der Waals surface area contributed by atoms with Gasteiger partial charge in [0.1, 0.15) is 0 Å². The highest BCUT2D eigenvalue weighted by molar-refractivity contribution is 5.95. The van der Waals surface area contributed by atoms with Crippen molar-refractivity contribution in [2.45, 2.75) is 26.4 Å². The highest BCUT2D eigenvalue weighted by atomic mass is 16.2. The zero-order valence-electron chi connectivity index (χ0n) is 18.2. The summed E-state index contributed by atoms with van der Waals surface area (Å²) in [5, 5.41) is 2.96. The zero-order valence-corrected chi connectivity index (χ0v) is 18.2. The number of carbonyl (C=O) groups is 2. The van der Waals surface area contributed by atoms with E-state index in [0.717, 1.165) is 44.0 Å². The van der Waals surface area contributed by atoms with Gasteiger partial charge in [0.25, 0.3) is 0 Å². The minimum atomic E-state index is -0.395. The van der Waals surface area contributed by atoms with Crippen LogP contribution in [0.15, 0.2) is 54.6 Å². The standard InChI is InChI=1S/C24H32N4O2/c1-19-9-7-8-12-22(19)25-24(30)20(2)26(3)18-23(29)28-15-13-27(14-16-28)17-21-10-5-4-6-11-21/h4-12,20H,13-18H2,1-3H3,(H,25,30)/t20-/m0/s1. The van der Waals surface area contributed by atoms with Crippen molar-refractivity contribution < 1.29 is 9.59 Å². The molecule has 1 N–H and O–H groups in total. The fraction of sp³-hybridized carbons (Fsp3) is 0.417. The first kappa shape index (κ1) is 22.0. The quantitative estimate of drug-likeness (QED) is 0.765. The summed E-state index contributed by atoms with van der Waals surface area (Å²) in [6, 6.07) is 17.7. The van der Waals surface area contributed by atoms with Crippen molar-refractivity contribution in [3.8, 4) is 0 Å². The summed E-state index contributed by atoms with van der Waals surface area (Å²) in [4.78, 5) is 31.4. The highest BCUT2D eigenvalue weighted by Crippen LogP contribution is 2.14. The minimum absolute atomic E-state index is 0.0763.